The summed E-state index contributed by atoms with van der Waals surface area (Å²) < 4.78 is 0. The van der Waals surface area contributed by atoms with Gasteiger partial charge in [0.1, 0.15) is 0 Å². The van der Waals surface area contributed by atoms with Crippen molar-refractivity contribution >= 4 is 11.3 Å². The second kappa shape index (κ2) is 4.94. The molecule has 0 radical (unpaired) electrons. The molecule has 0 amide bonds. The predicted molar refractivity (Wildman–Crippen MR) is 62.8 cm³/mol. The first kappa shape index (κ1) is 11.7. The Balaban J connectivity index is 2.86. The second-order valence-electron chi connectivity index (χ2n) is 3.94. The molecule has 1 N–H and O–H groups in total. The van der Waals surface area contributed by atoms with Gasteiger partial charge in [0.15, 0.2) is 0 Å². The van der Waals surface area contributed by atoms with E-state index in [1.54, 1.807) is 11.3 Å². The molecule has 1 aromatic rings. The number of thiophene rings is 1. The van der Waals surface area contributed by atoms with Crippen LogP contribution in [0.2, 0.25) is 0 Å². The quantitative estimate of drug-likeness (QED) is 0.786. The summed E-state index contributed by atoms with van der Waals surface area (Å²) in [5, 5.41) is 10.5. The van der Waals surface area contributed by atoms with Crippen molar-refractivity contribution in [1.29, 1.82) is 0 Å². The molecule has 0 aromatic carbocycles. The van der Waals surface area contributed by atoms with Gasteiger partial charge < -0.3 is 5.11 Å². The van der Waals surface area contributed by atoms with Gasteiger partial charge in [0, 0.05) is 9.75 Å². The standard InChI is InChI=1S/C12H20OS/c1-4-8-12(13,9-5-2)11-7-6-10(3)14-11/h6-7,13H,4-5,8-9H2,1-3H3. The largest absolute Gasteiger partial charge is 0.384 e. The van der Waals surface area contributed by atoms with Crippen molar-refractivity contribution in [2.45, 2.75) is 52.1 Å². The fraction of sp³-hybridized carbons (Fsp3) is 0.667. The molecule has 1 nitrogen and oxygen atoms in total. The van der Waals surface area contributed by atoms with E-state index in [0.29, 0.717) is 0 Å². The fourth-order valence-corrected chi connectivity index (χ4v) is 2.90. The number of hydrogen-bond acceptors (Lipinski definition) is 2. The molecule has 0 unspecified atom stereocenters. The Hall–Kier alpha value is -0.340. The van der Waals surface area contributed by atoms with Crippen LogP contribution in [0.3, 0.4) is 0 Å². The molecule has 0 bridgehead atoms. The lowest BCUT2D eigenvalue weighted by Gasteiger charge is -2.26. The minimum Gasteiger partial charge on any atom is -0.384 e. The number of hydrogen-bond donors (Lipinski definition) is 1. The molecule has 0 spiro atoms. The normalized spacial score (nSPS) is 12.0. The molecule has 0 atom stereocenters. The topological polar surface area (TPSA) is 20.2 Å². The Morgan fingerprint density at radius 2 is 1.79 bits per heavy atom. The molecule has 0 aliphatic heterocycles. The monoisotopic (exact) mass is 212 g/mol. The van der Waals surface area contributed by atoms with Crippen LogP contribution in [0, 0.1) is 6.92 Å². The molecule has 0 saturated heterocycles. The molecule has 0 saturated carbocycles. The van der Waals surface area contributed by atoms with Crippen molar-refractivity contribution in [2.75, 3.05) is 0 Å². The van der Waals surface area contributed by atoms with Crippen LogP contribution in [0.25, 0.3) is 0 Å². The van der Waals surface area contributed by atoms with Gasteiger partial charge in [-0.1, -0.05) is 26.7 Å². The third-order valence-corrected chi connectivity index (χ3v) is 3.72. The first-order valence-corrected chi connectivity index (χ1v) is 6.23. The SMILES string of the molecule is CCCC(O)(CCC)c1ccc(C)s1. The van der Waals surface area contributed by atoms with Crippen LogP contribution >= 0.6 is 11.3 Å². The fourth-order valence-electron chi connectivity index (χ4n) is 1.88. The van der Waals surface area contributed by atoms with Crippen molar-refractivity contribution in [3.05, 3.63) is 21.9 Å². The number of aliphatic hydroxyl groups is 1. The van der Waals surface area contributed by atoms with E-state index >= 15 is 0 Å². The number of rotatable bonds is 5. The highest BCUT2D eigenvalue weighted by atomic mass is 32.1. The first-order valence-electron chi connectivity index (χ1n) is 5.41. The predicted octanol–water partition coefficient (Wildman–Crippen LogP) is 3.84. The van der Waals surface area contributed by atoms with Gasteiger partial charge in [0.25, 0.3) is 0 Å². The molecule has 14 heavy (non-hydrogen) atoms. The maximum Gasteiger partial charge on any atom is 0.0987 e. The molecule has 0 aliphatic carbocycles. The molecule has 0 aliphatic rings. The maximum atomic E-state index is 10.5. The lowest BCUT2D eigenvalue weighted by Crippen LogP contribution is -2.23. The van der Waals surface area contributed by atoms with Crippen LogP contribution in [0.15, 0.2) is 12.1 Å². The van der Waals surface area contributed by atoms with Crippen LogP contribution in [-0.2, 0) is 5.60 Å². The van der Waals surface area contributed by atoms with Gasteiger partial charge >= 0.3 is 0 Å². The van der Waals surface area contributed by atoms with Gasteiger partial charge in [-0.25, -0.2) is 0 Å². The molecule has 0 fully saturated rings. The van der Waals surface area contributed by atoms with Gasteiger partial charge in [0.2, 0.25) is 0 Å². The van der Waals surface area contributed by atoms with Gasteiger partial charge in [-0.2, -0.15) is 0 Å². The van der Waals surface area contributed by atoms with E-state index < -0.39 is 5.60 Å². The van der Waals surface area contributed by atoms with Crippen LogP contribution in [0.5, 0.6) is 0 Å². The van der Waals surface area contributed by atoms with Crippen molar-refractivity contribution in [2.24, 2.45) is 0 Å². The van der Waals surface area contributed by atoms with Crippen LogP contribution in [-0.4, -0.2) is 5.11 Å². The summed E-state index contributed by atoms with van der Waals surface area (Å²) in [4.78, 5) is 2.42. The second-order valence-corrected chi connectivity index (χ2v) is 5.23. The molecule has 80 valence electrons. The summed E-state index contributed by atoms with van der Waals surface area (Å²) >= 11 is 1.72. The van der Waals surface area contributed by atoms with Crippen molar-refractivity contribution < 1.29 is 5.11 Å². The van der Waals surface area contributed by atoms with E-state index in [9.17, 15) is 5.11 Å². The van der Waals surface area contributed by atoms with Crippen molar-refractivity contribution in [3.63, 3.8) is 0 Å². The van der Waals surface area contributed by atoms with E-state index in [4.69, 9.17) is 0 Å². The van der Waals surface area contributed by atoms with E-state index in [2.05, 4.69) is 32.9 Å². The molecular formula is C12H20OS. The smallest absolute Gasteiger partial charge is 0.0987 e. The molecule has 1 heterocycles. The van der Waals surface area contributed by atoms with Crippen LogP contribution in [0.4, 0.5) is 0 Å². The summed E-state index contributed by atoms with van der Waals surface area (Å²) in [5.41, 5.74) is -0.567. The summed E-state index contributed by atoms with van der Waals surface area (Å²) in [6, 6.07) is 4.17. The molecular weight excluding hydrogens is 192 g/mol. The van der Waals surface area contributed by atoms with Gasteiger partial charge in [-0.15, -0.1) is 11.3 Å². The Kier molecular flexibility index (Phi) is 4.14. The Labute approximate surface area is 90.8 Å². The third kappa shape index (κ3) is 2.58. The summed E-state index contributed by atoms with van der Waals surface area (Å²) in [7, 11) is 0. The Morgan fingerprint density at radius 3 is 2.14 bits per heavy atom. The zero-order chi connectivity index (χ0) is 10.6. The summed E-state index contributed by atoms with van der Waals surface area (Å²) in [6.45, 7) is 6.34. The highest BCUT2D eigenvalue weighted by Crippen LogP contribution is 2.35. The third-order valence-electron chi connectivity index (χ3n) is 2.53. The van der Waals surface area contributed by atoms with Crippen molar-refractivity contribution in [1.82, 2.24) is 0 Å². The van der Waals surface area contributed by atoms with E-state index in [-0.39, 0.29) is 0 Å². The maximum absolute atomic E-state index is 10.5. The minimum absolute atomic E-state index is 0.567. The van der Waals surface area contributed by atoms with Crippen molar-refractivity contribution in [3.8, 4) is 0 Å². The average molecular weight is 212 g/mol. The van der Waals surface area contributed by atoms with E-state index in [0.717, 1.165) is 30.6 Å². The summed E-state index contributed by atoms with van der Waals surface area (Å²) in [5.74, 6) is 0. The van der Waals surface area contributed by atoms with E-state index in [1.165, 1.54) is 4.88 Å². The van der Waals surface area contributed by atoms with E-state index in [1.807, 2.05) is 0 Å². The van der Waals surface area contributed by atoms with Gasteiger partial charge in [-0.3, -0.25) is 0 Å². The number of aryl methyl sites for hydroxylation is 1. The molecule has 1 rings (SSSR count). The first-order chi connectivity index (χ1) is 6.62. The van der Waals surface area contributed by atoms with Crippen LogP contribution < -0.4 is 0 Å². The summed E-state index contributed by atoms with van der Waals surface area (Å²) in [6.07, 6.45) is 3.82. The zero-order valence-electron chi connectivity index (χ0n) is 9.34. The Morgan fingerprint density at radius 1 is 1.21 bits per heavy atom. The highest BCUT2D eigenvalue weighted by Gasteiger charge is 2.28. The minimum atomic E-state index is -0.567. The molecule has 2 heteroatoms. The molecule has 1 aromatic heterocycles. The lowest BCUT2D eigenvalue weighted by atomic mass is 9.91. The van der Waals surface area contributed by atoms with Gasteiger partial charge in [0.05, 0.1) is 5.60 Å². The zero-order valence-corrected chi connectivity index (χ0v) is 10.2. The van der Waals surface area contributed by atoms with Crippen LogP contribution in [0.1, 0.15) is 49.3 Å². The van der Waals surface area contributed by atoms with Gasteiger partial charge in [-0.05, 0) is 31.9 Å². The average Bonchev–Trinajstić information content (AvgIpc) is 2.53. The highest BCUT2D eigenvalue weighted by molar-refractivity contribution is 7.12. The lowest BCUT2D eigenvalue weighted by molar-refractivity contribution is 0.0206. The Bertz CT molecular complexity index is 272.